The maximum Gasteiger partial charge on any atom is 0.160 e. The van der Waals surface area contributed by atoms with Gasteiger partial charge in [-0.1, -0.05) is 109 Å². The maximum atomic E-state index is 10.3. The van der Waals surface area contributed by atoms with Gasteiger partial charge in [-0.15, -0.1) is 0 Å². The van der Waals surface area contributed by atoms with Gasteiger partial charge < -0.3 is 14.9 Å². The van der Waals surface area contributed by atoms with E-state index in [1.807, 2.05) is 0 Å². The number of phenols is 1. The van der Waals surface area contributed by atoms with Crippen molar-refractivity contribution in [3.05, 3.63) is 23.8 Å². The fourth-order valence-corrected chi connectivity index (χ4v) is 3.78. The lowest BCUT2D eigenvalue weighted by Crippen LogP contribution is -1.98. The number of methoxy groups -OCH3 is 1. The van der Waals surface area contributed by atoms with Crippen molar-refractivity contribution in [1.82, 2.24) is 0 Å². The number of hydrogen-bond acceptors (Lipinski definition) is 3. The quantitative estimate of drug-likeness (QED) is 0.252. The van der Waals surface area contributed by atoms with Crippen molar-refractivity contribution in [2.75, 3.05) is 7.11 Å². The highest BCUT2D eigenvalue weighted by atomic mass is 16.5. The Morgan fingerprint density at radius 3 is 1.68 bits per heavy atom. The number of phenolic OH excluding ortho intramolecular Hbond substituents is 1. The van der Waals surface area contributed by atoms with Crippen molar-refractivity contribution >= 4 is 0 Å². The maximum absolute atomic E-state index is 10.3. The van der Waals surface area contributed by atoms with Crippen LogP contribution in [0.3, 0.4) is 0 Å². The van der Waals surface area contributed by atoms with Crippen LogP contribution >= 0.6 is 0 Å². The first-order valence-electron chi connectivity index (χ1n) is 11.7. The molecule has 0 amide bonds. The minimum atomic E-state index is -0.475. The van der Waals surface area contributed by atoms with E-state index in [0.717, 1.165) is 18.4 Å². The van der Waals surface area contributed by atoms with Crippen LogP contribution in [0.2, 0.25) is 0 Å². The molecule has 1 aromatic carbocycles. The molecule has 28 heavy (non-hydrogen) atoms. The molecule has 1 unspecified atom stereocenters. The van der Waals surface area contributed by atoms with Gasteiger partial charge in [-0.3, -0.25) is 0 Å². The van der Waals surface area contributed by atoms with Gasteiger partial charge in [-0.25, -0.2) is 0 Å². The van der Waals surface area contributed by atoms with Gasteiger partial charge in [-0.2, -0.15) is 0 Å². The van der Waals surface area contributed by atoms with Gasteiger partial charge >= 0.3 is 0 Å². The van der Waals surface area contributed by atoms with Crippen LogP contribution < -0.4 is 4.74 Å². The number of aliphatic hydroxyl groups excluding tert-OH is 1. The van der Waals surface area contributed by atoms with E-state index in [9.17, 15) is 10.2 Å². The number of aliphatic hydroxyl groups is 1. The van der Waals surface area contributed by atoms with Crippen LogP contribution in [-0.2, 0) is 0 Å². The van der Waals surface area contributed by atoms with Crippen LogP contribution in [0.5, 0.6) is 11.5 Å². The van der Waals surface area contributed by atoms with E-state index >= 15 is 0 Å². The summed E-state index contributed by atoms with van der Waals surface area (Å²) in [5.74, 6) is 0.540. The summed E-state index contributed by atoms with van der Waals surface area (Å²) in [5, 5.41) is 19.9. The second-order valence-corrected chi connectivity index (χ2v) is 8.19. The molecule has 3 heteroatoms. The second-order valence-electron chi connectivity index (χ2n) is 8.19. The first-order chi connectivity index (χ1) is 13.7. The summed E-state index contributed by atoms with van der Waals surface area (Å²) in [6, 6.07) is 5.09. The molecular weight excluding hydrogens is 348 g/mol. The zero-order valence-corrected chi connectivity index (χ0v) is 18.4. The summed E-state index contributed by atoms with van der Waals surface area (Å²) in [6.45, 7) is 2.28. The lowest BCUT2D eigenvalue weighted by molar-refractivity contribution is 0.163. The molecule has 3 nitrogen and oxygen atoms in total. The van der Waals surface area contributed by atoms with E-state index in [4.69, 9.17) is 4.74 Å². The highest BCUT2D eigenvalue weighted by Gasteiger charge is 2.10. The predicted molar refractivity (Wildman–Crippen MR) is 119 cm³/mol. The van der Waals surface area contributed by atoms with Crippen LogP contribution in [-0.4, -0.2) is 17.3 Å². The molecule has 162 valence electrons. The summed E-state index contributed by atoms with van der Waals surface area (Å²) in [6.07, 6.45) is 20.6. The average molecular weight is 393 g/mol. The molecular formula is C25H44O3. The molecule has 0 bridgehead atoms. The Kier molecular flexibility index (Phi) is 14.8. The highest BCUT2D eigenvalue weighted by Crippen LogP contribution is 2.30. The zero-order valence-electron chi connectivity index (χ0n) is 18.4. The Labute approximate surface area is 173 Å². The minimum Gasteiger partial charge on any atom is -0.504 e. The lowest BCUT2D eigenvalue weighted by atomic mass is 10.0. The number of hydrogen-bond donors (Lipinski definition) is 2. The summed E-state index contributed by atoms with van der Waals surface area (Å²) >= 11 is 0. The van der Waals surface area contributed by atoms with Gasteiger partial charge in [0, 0.05) is 0 Å². The normalized spacial score (nSPS) is 12.2. The fourth-order valence-electron chi connectivity index (χ4n) is 3.78. The lowest BCUT2D eigenvalue weighted by Gasteiger charge is -2.13. The molecule has 0 spiro atoms. The second kappa shape index (κ2) is 16.7. The van der Waals surface area contributed by atoms with Gasteiger partial charge in [-0.05, 0) is 24.1 Å². The largest absolute Gasteiger partial charge is 0.504 e. The first kappa shape index (κ1) is 24.8. The van der Waals surface area contributed by atoms with Crippen molar-refractivity contribution in [1.29, 1.82) is 0 Å². The van der Waals surface area contributed by atoms with Crippen LogP contribution in [0.15, 0.2) is 18.2 Å². The summed E-state index contributed by atoms with van der Waals surface area (Å²) in [4.78, 5) is 0. The Balaban J connectivity index is 1.91. The van der Waals surface area contributed by atoms with Crippen LogP contribution in [0.25, 0.3) is 0 Å². The molecule has 0 aromatic heterocycles. The molecule has 1 atom stereocenters. The third-order valence-electron chi connectivity index (χ3n) is 5.67. The first-order valence-corrected chi connectivity index (χ1v) is 11.7. The summed E-state index contributed by atoms with van der Waals surface area (Å²) in [5.41, 5.74) is 0.819. The van der Waals surface area contributed by atoms with E-state index in [1.54, 1.807) is 18.2 Å². The third-order valence-corrected chi connectivity index (χ3v) is 5.67. The molecule has 0 aliphatic rings. The van der Waals surface area contributed by atoms with Crippen molar-refractivity contribution < 1.29 is 14.9 Å². The van der Waals surface area contributed by atoms with Gasteiger partial charge in [0.05, 0.1) is 13.2 Å². The molecule has 0 aliphatic carbocycles. The SMILES string of the molecule is CCCCCCCCCCCCCCCCCC(O)c1ccc(O)c(OC)c1. The van der Waals surface area contributed by atoms with Crippen molar-refractivity contribution in [3.8, 4) is 11.5 Å². The Morgan fingerprint density at radius 2 is 1.21 bits per heavy atom. The van der Waals surface area contributed by atoms with Gasteiger partial charge in [0.1, 0.15) is 0 Å². The van der Waals surface area contributed by atoms with E-state index in [1.165, 1.54) is 97.0 Å². The van der Waals surface area contributed by atoms with E-state index in [2.05, 4.69) is 6.92 Å². The van der Waals surface area contributed by atoms with Gasteiger partial charge in [0.25, 0.3) is 0 Å². The van der Waals surface area contributed by atoms with Crippen molar-refractivity contribution in [2.24, 2.45) is 0 Å². The Hall–Kier alpha value is -1.22. The number of aromatic hydroxyl groups is 1. The van der Waals surface area contributed by atoms with Crippen LogP contribution in [0.1, 0.15) is 121 Å². The number of rotatable bonds is 18. The van der Waals surface area contributed by atoms with E-state index < -0.39 is 6.10 Å². The molecule has 2 N–H and O–H groups in total. The smallest absolute Gasteiger partial charge is 0.160 e. The molecule has 1 rings (SSSR count). The number of ether oxygens (including phenoxy) is 1. The highest BCUT2D eigenvalue weighted by molar-refractivity contribution is 5.42. The predicted octanol–water partition coefficient (Wildman–Crippen LogP) is 7.70. The van der Waals surface area contributed by atoms with E-state index in [-0.39, 0.29) is 5.75 Å². The van der Waals surface area contributed by atoms with Crippen molar-refractivity contribution in [3.63, 3.8) is 0 Å². The van der Waals surface area contributed by atoms with Gasteiger partial charge in [0.2, 0.25) is 0 Å². The molecule has 0 heterocycles. The molecule has 0 fully saturated rings. The minimum absolute atomic E-state index is 0.116. The number of unbranched alkanes of at least 4 members (excludes halogenated alkanes) is 14. The molecule has 0 saturated carbocycles. The monoisotopic (exact) mass is 392 g/mol. The summed E-state index contributed by atoms with van der Waals surface area (Å²) < 4.78 is 5.11. The molecule has 0 radical (unpaired) electrons. The molecule has 0 aliphatic heterocycles. The Morgan fingerprint density at radius 1 is 0.750 bits per heavy atom. The fraction of sp³-hybridized carbons (Fsp3) is 0.760. The standard InChI is InChI=1S/C25H44O3/c1-3-4-5-6-7-8-9-10-11-12-13-14-15-16-17-18-23(26)22-19-20-24(27)25(21-22)28-2/h19-21,23,26-27H,3-18H2,1-2H3. The third kappa shape index (κ3) is 11.6. The molecule has 0 saturated heterocycles. The Bertz CT molecular complexity index is 487. The van der Waals surface area contributed by atoms with Crippen LogP contribution in [0, 0.1) is 0 Å². The molecule has 1 aromatic rings. The average Bonchev–Trinajstić information content (AvgIpc) is 2.71. The van der Waals surface area contributed by atoms with E-state index in [0.29, 0.717) is 5.75 Å². The summed E-state index contributed by atoms with van der Waals surface area (Å²) in [7, 11) is 1.53. The van der Waals surface area contributed by atoms with Crippen molar-refractivity contribution in [2.45, 2.75) is 116 Å². The topological polar surface area (TPSA) is 49.7 Å². The van der Waals surface area contributed by atoms with Gasteiger partial charge in [0.15, 0.2) is 11.5 Å². The number of benzene rings is 1. The van der Waals surface area contributed by atoms with Crippen LogP contribution in [0.4, 0.5) is 0 Å². The zero-order chi connectivity index (χ0) is 20.5.